The van der Waals surface area contributed by atoms with E-state index in [4.69, 9.17) is 0 Å². The lowest BCUT2D eigenvalue weighted by molar-refractivity contribution is -0.128. The van der Waals surface area contributed by atoms with Crippen molar-refractivity contribution in [3.05, 3.63) is 0 Å². The zero-order chi connectivity index (χ0) is 9.19. The summed E-state index contributed by atoms with van der Waals surface area (Å²) < 4.78 is 24.3. The molecule has 0 aromatic heterocycles. The first kappa shape index (κ1) is 9.89. The van der Waals surface area contributed by atoms with Crippen LogP contribution in [0.25, 0.3) is 0 Å². The second-order valence-corrected chi connectivity index (χ2v) is 4.12. The third-order valence-electron chi connectivity index (χ3n) is 1.94. The lowest BCUT2D eigenvalue weighted by Crippen LogP contribution is -2.39. The molecule has 70 valence electrons. The van der Waals surface area contributed by atoms with Gasteiger partial charge in [0.25, 0.3) is 0 Å². The van der Waals surface area contributed by atoms with Gasteiger partial charge in [0.2, 0.25) is 5.91 Å². The Morgan fingerprint density at radius 3 is 2.50 bits per heavy atom. The second kappa shape index (κ2) is 3.68. The van der Waals surface area contributed by atoms with Crippen LogP contribution < -0.4 is 5.32 Å². The molecule has 0 saturated heterocycles. The first-order valence-corrected chi connectivity index (χ1v) is 4.63. The fraction of sp³-hybridized carbons (Fsp3) is 0.857. The largest absolute Gasteiger partial charge is 0.349 e. The van der Waals surface area contributed by atoms with E-state index in [-0.39, 0.29) is 11.8 Å². The molecule has 1 amide bonds. The molecule has 1 saturated carbocycles. The summed E-state index contributed by atoms with van der Waals surface area (Å²) in [4.78, 5) is 8.03. The van der Waals surface area contributed by atoms with Crippen LogP contribution in [0.2, 0.25) is 0 Å². The van der Waals surface area contributed by atoms with Gasteiger partial charge in [-0.25, -0.2) is 0 Å². The Morgan fingerprint density at radius 2 is 2.17 bits per heavy atom. The third kappa shape index (κ3) is 3.05. The minimum absolute atomic E-state index is 0.0279. The molecule has 1 N–H and O–H groups in total. The molecule has 5 heteroatoms. The average molecular weight is 242 g/mol. The molecule has 1 aliphatic rings. The Morgan fingerprint density at radius 1 is 1.58 bits per heavy atom. The number of halogens is 3. The maximum atomic E-state index is 12.2. The molecule has 12 heavy (non-hydrogen) atoms. The first-order chi connectivity index (χ1) is 5.49. The van der Waals surface area contributed by atoms with Gasteiger partial charge in [0.15, 0.2) is 0 Å². The van der Waals surface area contributed by atoms with Gasteiger partial charge in [-0.3, -0.25) is 4.79 Å². The summed E-state index contributed by atoms with van der Waals surface area (Å²) in [6, 6.07) is 0. The number of carbonyl (C=O) groups is 1. The van der Waals surface area contributed by atoms with Crippen molar-refractivity contribution in [2.75, 3.05) is 6.54 Å². The number of carbonyl (C=O) groups excluding carboxylic acids is 1. The van der Waals surface area contributed by atoms with Gasteiger partial charge < -0.3 is 5.32 Å². The molecule has 0 unspecified atom stereocenters. The molecule has 0 heterocycles. The van der Waals surface area contributed by atoms with Gasteiger partial charge in [0.1, 0.15) is 0 Å². The molecule has 0 radical (unpaired) electrons. The highest BCUT2D eigenvalue weighted by Crippen LogP contribution is 2.27. The van der Waals surface area contributed by atoms with E-state index < -0.39 is 11.4 Å². The van der Waals surface area contributed by atoms with Gasteiger partial charge in [-0.1, -0.05) is 6.42 Å². The van der Waals surface area contributed by atoms with Crippen LogP contribution in [-0.4, -0.2) is 17.3 Å². The van der Waals surface area contributed by atoms with Crippen molar-refractivity contribution >= 4 is 21.8 Å². The Hall–Kier alpha value is -0.190. The Balaban J connectivity index is 2.18. The van der Waals surface area contributed by atoms with Crippen LogP contribution in [0.1, 0.15) is 19.3 Å². The van der Waals surface area contributed by atoms with E-state index in [1.165, 1.54) is 0 Å². The van der Waals surface area contributed by atoms with Crippen LogP contribution >= 0.6 is 15.9 Å². The monoisotopic (exact) mass is 241 g/mol. The predicted octanol–water partition coefficient (Wildman–Crippen LogP) is 1.89. The number of alkyl halides is 3. The van der Waals surface area contributed by atoms with Crippen LogP contribution in [-0.2, 0) is 4.79 Å². The average Bonchev–Trinajstić information content (AvgIpc) is 1.78. The molecule has 1 fully saturated rings. The fourth-order valence-corrected chi connectivity index (χ4v) is 1.14. The number of hydrogen-bond acceptors (Lipinski definition) is 1. The molecule has 0 aromatic carbocycles. The van der Waals surface area contributed by atoms with Crippen molar-refractivity contribution in [1.82, 2.24) is 5.32 Å². The summed E-state index contributed by atoms with van der Waals surface area (Å²) in [5, 5.41) is 2.19. The van der Waals surface area contributed by atoms with E-state index in [0.29, 0.717) is 0 Å². The third-order valence-corrected chi connectivity index (χ3v) is 2.22. The molecule has 0 bridgehead atoms. The summed E-state index contributed by atoms with van der Waals surface area (Å²) in [6.45, 7) is -0.623. The molecule has 0 aromatic rings. The summed E-state index contributed by atoms with van der Waals surface area (Å²) in [7, 11) is 0. The van der Waals surface area contributed by atoms with Gasteiger partial charge in [0.05, 0.1) is 6.54 Å². The zero-order valence-corrected chi connectivity index (χ0v) is 8.03. The summed E-state index contributed by atoms with van der Waals surface area (Å²) in [5.41, 5.74) is 0. The molecular formula is C7H10BrF2NO. The van der Waals surface area contributed by atoms with Crippen molar-refractivity contribution in [2.24, 2.45) is 5.92 Å². The highest BCUT2D eigenvalue weighted by atomic mass is 79.9. The van der Waals surface area contributed by atoms with Gasteiger partial charge in [-0.15, -0.1) is 0 Å². The van der Waals surface area contributed by atoms with Gasteiger partial charge in [-0.2, -0.15) is 8.78 Å². The van der Waals surface area contributed by atoms with Crippen LogP contribution in [0.5, 0.6) is 0 Å². The SMILES string of the molecule is O=C(NCC(F)(F)Br)C1CCC1. The normalized spacial score (nSPS) is 18.6. The quantitative estimate of drug-likeness (QED) is 0.752. The second-order valence-electron chi connectivity index (χ2n) is 2.96. The Bertz CT molecular complexity index is 177. The summed E-state index contributed by atoms with van der Waals surface area (Å²) >= 11 is 2.15. The zero-order valence-electron chi connectivity index (χ0n) is 6.45. The molecule has 1 rings (SSSR count). The first-order valence-electron chi connectivity index (χ1n) is 3.83. The standard InChI is InChI=1S/C7H10BrF2NO/c8-7(9,10)4-11-6(12)5-2-1-3-5/h5H,1-4H2,(H,11,12). The molecule has 0 atom stereocenters. The number of nitrogens with one attached hydrogen (secondary N) is 1. The lowest BCUT2D eigenvalue weighted by Gasteiger charge is -2.24. The fourth-order valence-electron chi connectivity index (χ4n) is 1.00. The molecular weight excluding hydrogens is 232 g/mol. The molecule has 1 aliphatic carbocycles. The van der Waals surface area contributed by atoms with E-state index in [9.17, 15) is 13.6 Å². The number of amides is 1. The maximum absolute atomic E-state index is 12.2. The van der Waals surface area contributed by atoms with E-state index >= 15 is 0 Å². The summed E-state index contributed by atoms with van der Waals surface area (Å²) in [5.74, 6) is -0.278. The van der Waals surface area contributed by atoms with E-state index in [0.717, 1.165) is 19.3 Å². The Labute approximate surface area is 77.8 Å². The highest BCUT2D eigenvalue weighted by molar-refractivity contribution is 9.10. The van der Waals surface area contributed by atoms with E-state index in [1.807, 2.05) is 0 Å². The molecule has 0 aliphatic heterocycles. The Kier molecular flexibility index (Phi) is 3.04. The van der Waals surface area contributed by atoms with Crippen LogP contribution in [0.15, 0.2) is 0 Å². The summed E-state index contributed by atoms with van der Waals surface area (Å²) in [6.07, 6.45) is 2.70. The topological polar surface area (TPSA) is 29.1 Å². The van der Waals surface area contributed by atoms with Crippen molar-refractivity contribution in [2.45, 2.75) is 24.1 Å². The smallest absolute Gasteiger partial charge is 0.318 e. The van der Waals surface area contributed by atoms with E-state index in [1.54, 1.807) is 0 Å². The maximum Gasteiger partial charge on any atom is 0.318 e. The van der Waals surface area contributed by atoms with E-state index in [2.05, 4.69) is 21.2 Å². The van der Waals surface area contributed by atoms with Crippen LogP contribution in [0.4, 0.5) is 8.78 Å². The van der Waals surface area contributed by atoms with Crippen molar-refractivity contribution in [3.8, 4) is 0 Å². The van der Waals surface area contributed by atoms with Crippen LogP contribution in [0.3, 0.4) is 0 Å². The minimum atomic E-state index is -2.98. The van der Waals surface area contributed by atoms with Crippen LogP contribution in [0, 0.1) is 5.92 Å². The molecule has 2 nitrogen and oxygen atoms in total. The van der Waals surface area contributed by atoms with Gasteiger partial charge in [-0.05, 0) is 28.8 Å². The molecule has 0 spiro atoms. The highest BCUT2D eigenvalue weighted by Gasteiger charge is 2.29. The minimum Gasteiger partial charge on any atom is -0.349 e. The van der Waals surface area contributed by atoms with Crippen molar-refractivity contribution < 1.29 is 13.6 Å². The number of hydrogen-bond donors (Lipinski definition) is 1. The number of rotatable bonds is 3. The van der Waals surface area contributed by atoms with Crippen molar-refractivity contribution in [1.29, 1.82) is 0 Å². The van der Waals surface area contributed by atoms with Gasteiger partial charge >= 0.3 is 4.83 Å². The van der Waals surface area contributed by atoms with Gasteiger partial charge in [0, 0.05) is 5.92 Å². The van der Waals surface area contributed by atoms with Crippen molar-refractivity contribution in [3.63, 3.8) is 0 Å². The lowest BCUT2D eigenvalue weighted by atomic mass is 9.85. The predicted molar refractivity (Wildman–Crippen MR) is 44.2 cm³/mol.